The molecule has 1 aliphatic heterocycles. The maximum absolute atomic E-state index is 13.9. The van der Waals surface area contributed by atoms with E-state index < -0.39 is 21.3 Å². The van der Waals surface area contributed by atoms with E-state index in [0.717, 1.165) is 25.7 Å². The minimum Gasteiger partial charge on any atom is -0.408 e. The number of benzene rings is 2. The third-order valence-corrected chi connectivity index (χ3v) is 8.24. The van der Waals surface area contributed by atoms with Crippen molar-refractivity contribution in [2.45, 2.75) is 55.4 Å². The molecule has 0 bridgehead atoms. The molecule has 2 heterocycles. The monoisotopic (exact) mass is 416 g/mol. The summed E-state index contributed by atoms with van der Waals surface area (Å²) < 4.78 is 48.2. The Morgan fingerprint density at radius 1 is 1.17 bits per heavy atom. The molecule has 8 heteroatoms. The van der Waals surface area contributed by atoms with E-state index >= 15 is 0 Å². The van der Waals surface area contributed by atoms with Gasteiger partial charge in [0.05, 0.1) is 21.6 Å². The number of rotatable bonds is 2. The van der Waals surface area contributed by atoms with Gasteiger partial charge in [0.25, 0.3) is 10.0 Å². The van der Waals surface area contributed by atoms with Crippen molar-refractivity contribution >= 4 is 26.8 Å². The Kier molecular flexibility index (Phi) is 3.93. The van der Waals surface area contributed by atoms with Crippen LogP contribution in [0.25, 0.3) is 11.1 Å². The van der Waals surface area contributed by atoms with Crippen molar-refractivity contribution in [3.05, 3.63) is 58.3 Å². The molecule has 0 amide bonds. The molecule has 1 spiro atoms. The van der Waals surface area contributed by atoms with Crippen LogP contribution in [0.2, 0.25) is 0 Å². The Labute approximate surface area is 167 Å². The topological polar surface area (TPSA) is 83.4 Å². The quantitative estimate of drug-likeness (QED) is 0.676. The van der Waals surface area contributed by atoms with E-state index in [1.54, 1.807) is 6.07 Å². The highest BCUT2D eigenvalue weighted by Crippen LogP contribution is 2.52. The number of aromatic amines is 1. The Morgan fingerprint density at radius 3 is 2.69 bits per heavy atom. The first-order valence-corrected chi connectivity index (χ1v) is 11.2. The Hall–Kier alpha value is -2.61. The first-order chi connectivity index (χ1) is 13.8. The molecule has 152 valence electrons. The summed E-state index contributed by atoms with van der Waals surface area (Å²) in [7, 11) is -3.95. The molecule has 5 rings (SSSR count). The zero-order valence-electron chi connectivity index (χ0n) is 15.9. The number of oxazole rings is 1. The normalized spacial score (nSPS) is 21.0. The van der Waals surface area contributed by atoms with Crippen molar-refractivity contribution in [1.29, 1.82) is 0 Å². The Bertz CT molecular complexity index is 1270. The molecule has 0 saturated heterocycles. The third kappa shape index (κ3) is 2.73. The highest BCUT2D eigenvalue weighted by Gasteiger charge is 2.50. The zero-order chi connectivity index (χ0) is 20.4. The number of fused-ring (bicyclic) bond motifs is 2. The maximum atomic E-state index is 13.9. The molecule has 3 aromatic rings. The highest BCUT2D eigenvalue weighted by atomic mass is 32.2. The van der Waals surface area contributed by atoms with Crippen LogP contribution in [0, 0.1) is 5.82 Å². The van der Waals surface area contributed by atoms with Crippen LogP contribution < -0.4 is 10.1 Å². The molecule has 1 N–H and O–H groups in total. The first-order valence-electron chi connectivity index (χ1n) is 9.78. The van der Waals surface area contributed by atoms with Gasteiger partial charge in [-0.05, 0) is 61.1 Å². The molecule has 29 heavy (non-hydrogen) atoms. The van der Waals surface area contributed by atoms with Gasteiger partial charge >= 0.3 is 5.76 Å². The van der Waals surface area contributed by atoms with Crippen LogP contribution >= 0.6 is 0 Å². The minimum atomic E-state index is -3.95. The highest BCUT2D eigenvalue weighted by molar-refractivity contribution is 7.93. The summed E-state index contributed by atoms with van der Waals surface area (Å²) in [6.07, 6.45) is 4.12. The fourth-order valence-electron chi connectivity index (χ4n) is 5.14. The molecule has 1 aliphatic carbocycles. The second-order valence-electron chi connectivity index (χ2n) is 8.18. The Morgan fingerprint density at radius 2 is 1.93 bits per heavy atom. The van der Waals surface area contributed by atoms with Gasteiger partial charge in [0.1, 0.15) is 5.82 Å². The molecule has 6 nitrogen and oxygen atoms in total. The van der Waals surface area contributed by atoms with Crippen molar-refractivity contribution in [3.63, 3.8) is 0 Å². The maximum Gasteiger partial charge on any atom is 0.417 e. The van der Waals surface area contributed by atoms with Crippen LogP contribution in [0.5, 0.6) is 0 Å². The number of anilines is 1. The lowest BCUT2D eigenvalue weighted by atomic mass is 9.78. The lowest BCUT2D eigenvalue weighted by Gasteiger charge is -2.48. The molecule has 1 saturated carbocycles. The number of sulfonamides is 1. The van der Waals surface area contributed by atoms with Crippen LogP contribution in [0.3, 0.4) is 0 Å². The van der Waals surface area contributed by atoms with Gasteiger partial charge in [-0.15, -0.1) is 0 Å². The van der Waals surface area contributed by atoms with Crippen LogP contribution in [-0.2, 0) is 10.0 Å². The fourth-order valence-corrected chi connectivity index (χ4v) is 7.04. The van der Waals surface area contributed by atoms with Gasteiger partial charge in [-0.2, -0.15) is 0 Å². The van der Waals surface area contributed by atoms with E-state index in [2.05, 4.69) is 4.98 Å². The van der Waals surface area contributed by atoms with Crippen molar-refractivity contribution in [1.82, 2.24) is 4.98 Å². The van der Waals surface area contributed by atoms with Crippen molar-refractivity contribution in [3.8, 4) is 0 Å². The predicted octanol–water partition coefficient (Wildman–Crippen LogP) is 4.28. The molecule has 2 aromatic carbocycles. The number of nitrogens with one attached hydrogen (secondary N) is 1. The first kappa shape index (κ1) is 18.4. The number of nitrogens with zero attached hydrogens (tertiary/aromatic N) is 1. The number of halogens is 1. The van der Waals surface area contributed by atoms with Crippen LogP contribution in [-0.4, -0.2) is 18.9 Å². The summed E-state index contributed by atoms with van der Waals surface area (Å²) in [5.74, 6) is -0.935. The SMILES string of the molecule is C[C@@H]1CC2(CCCC2)N(S(=O)(=O)c2ccc3[nH]c(=O)oc3c2)c2ccc(F)cc21. The summed E-state index contributed by atoms with van der Waals surface area (Å²) in [5, 5.41) is 0. The standard InChI is InChI=1S/C21H21FN2O4S/c1-13-12-21(8-2-3-9-21)24(18-7-4-14(22)10-16(13)18)29(26,27)15-5-6-17-19(11-15)28-20(25)23-17/h4-7,10-11,13H,2-3,8-9,12H2,1H3,(H,23,25)/t13-/m1/s1. The number of hydrogen-bond acceptors (Lipinski definition) is 4. The van der Waals surface area contributed by atoms with Gasteiger partial charge < -0.3 is 4.42 Å². The van der Waals surface area contributed by atoms with E-state index in [4.69, 9.17) is 4.42 Å². The fraction of sp³-hybridized carbons (Fsp3) is 0.381. The predicted molar refractivity (Wildman–Crippen MR) is 107 cm³/mol. The van der Waals surface area contributed by atoms with Gasteiger partial charge in [-0.25, -0.2) is 17.6 Å². The number of H-pyrrole nitrogens is 1. The van der Waals surface area contributed by atoms with E-state index in [0.29, 0.717) is 23.2 Å². The second kappa shape index (κ2) is 6.19. The summed E-state index contributed by atoms with van der Waals surface area (Å²) in [6, 6.07) is 8.73. The molecular weight excluding hydrogens is 395 g/mol. The minimum absolute atomic E-state index is 0.0591. The molecular formula is C21H21FN2O4S. The molecule has 2 aliphatic rings. The summed E-state index contributed by atoms with van der Waals surface area (Å²) >= 11 is 0. The molecule has 0 radical (unpaired) electrons. The zero-order valence-corrected chi connectivity index (χ0v) is 16.8. The summed E-state index contributed by atoms with van der Waals surface area (Å²) in [6.45, 7) is 2.03. The number of hydrogen-bond donors (Lipinski definition) is 1. The van der Waals surface area contributed by atoms with E-state index in [1.807, 2.05) is 6.92 Å². The van der Waals surface area contributed by atoms with Crippen LogP contribution in [0.1, 0.15) is 50.5 Å². The van der Waals surface area contributed by atoms with Crippen molar-refractivity contribution in [2.75, 3.05) is 4.31 Å². The largest absolute Gasteiger partial charge is 0.417 e. The van der Waals surface area contributed by atoms with Crippen LogP contribution in [0.4, 0.5) is 10.1 Å². The van der Waals surface area contributed by atoms with E-state index in [9.17, 15) is 17.6 Å². The smallest absolute Gasteiger partial charge is 0.408 e. The molecule has 1 aromatic heterocycles. The Balaban J connectivity index is 1.73. The van der Waals surface area contributed by atoms with Gasteiger partial charge in [-0.1, -0.05) is 19.8 Å². The third-order valence-electron chi connectivity index (χ3n) is 6.32. The van der Waals surface area contributed by atoms with E-state index in [-0.39, 0.29) is 22.2 Å². The summed E-state index contributed by atoms with van der Waals surface area (Å²) in [4.78, 5) is 14.0. The molecule has 1 atom stereocenters. The molecule has 1 fully saturated rings. The lowest BCUT2D eigenvalue weighted by molar-refractivity contribution is 0.360. The molecule has 0 unspecified atom stereocenters. The van der Waals surface area contributed by atoms with Gasteiger partial charge in [-0.3, -0.25) is 9.29 Å². The van der Waals surface area contributed by atoms with Gasteiger partial charge in [0, 0.05) is 6.07 Å². The van der Waals surface area contributed by atoms with Gasteiger partial charge in [0.15, 0.2) is 5.58 Å². The summed E-state index contributed by atoms with van der Waals surface area (Å²) in [5.41, 5.74) is 1.38. The van der Waals surface area contributed by atoms with Crippen molar-refractivity contribution in [2.24, 2.45) is 0 Å². The van der Waals surface area contributed by atoms with E-state index in [1.165, 1.54) is 34.6 Å². The average Bonchev–Trinajstić information content (AvgIpc) is 3.27. The second-order valence-corrected chi connectivity index (χ2v) is 9.97. The van der Waals surface area contributed by atoms with Crippen LogP contribution in [0.15, 0.2) is 50.5 Å². The van der Waals surface area contributed by atoms with Crippen molar-refractivity contribution < 1.29 is 17.2 Å². The average molecular weight is 416 g/mol. The number of aromatic nitrogens is 1. The lowest BCUT2D eigenvalue weighted by Crippen LogP contribution is -2.53. The van der Waals surface area contributed by atoms with Gasteiger partial charge in [0.2, 0.25) is 0 Å².